The van der Waals surface area contributed by atoms with Crippen molar-refractivity contribution in [3.63, 3.8) is 0 Å². The molecule has 0 aliphatic heterocycles. The van der Waals surface area contributed by atoms with Crippen LogP contribution in [-0.2, 0) is 24.3 Å². The van der Waals surface area contributed by atoms with Gasteiger partial charge in [0.25, 0.3) is 0 Å². The molecule has 0 amide bonds. The summed E-state index contributed by atoms with van der Waals surface area (Å²) in [5, 5.41) is 0.779. The summed E-state index contributed by atoms with van der Waals surface area (Å²) >= 11 is 6.02. The van der Waals surface area contributed by atoms with E-state index in [4.69, 9.17) is 16.3 Å². The molecule has 178 valence electrons. The van der Waals surface area contributed by atoms with Gasteiger partial charge in [0.1, 0.15) is 0 Å². The van der Waals surface area contributed by atoms with E-state index in [0.29, 0.717) is 12.7 Å². The van der Waals surface area contributed by atoms with Gasteiger partial charge in [0.2, 0.25) is 0 Å². The highest BCUT2D eigenvalue weighted by Crippen LogP contribution is 2.19. The molecule has 0 saturated heterocycles. The average molecular weight is 467 g/mol. The molecular weight excluding hydrogens is 428 g/mol. The van der Waals surface area contributed by atoms with Crippen molar-refractivity contribution >= 4 is 11.6 Å². The zero-order valence-electron chi connectivity index (χ0n) is 19.9. The summed E-state index contributed by atoms with van der Waals surface area (Å²) in [6.45, 7) is 1.76. The van der Waals surface area contributed by atoms with Crippen LogP contribution in [0.1, 0.15) is 75.3 Å². The third kappa shape index (κ3) is 11.0. The highest BCUT2D eigenvalue weighted by Gasteiger charge is 2.10. The van der Waals surface area contributed by atoms with Crippen molar-refractivity contribution in [2.75, 3.05) is 0 Å². The Labute approximate surface area is 205 Å². The van der Waals surface area contributed by atoms with Crippen LogP contribution in [0.2, 0.25) is 5.02 Å². The molecule has 0 saturated carbocycles. The van der Waals surface area contributed by atoms with Gasteiger partial charge >= 0.3 is 0 Å². The molecule has 3 aromatic rings. The van der Waals surface area contributed by atoms with E-state index in [0.717, 1.165) is 30.8 Å². The van der Waals surface area contributed by atoms with Crippen molar-refractivity contribution in [1.29, 1.82) is 0 Å². The van der Waals surface area contributed by atoms with E-state index in [1.165, 1.54) is 62.5 Å². The predicted molar refractivity (Wildman–Crippen MR) is 139 cm³/mol. The molecule has 0 bridgehead atoms. The maximum Gasteiger partial charge on any atom is 0.0945 e. The second-order valence-corrected chi connectivity index (χ2v) is 9.44. The van der Waals surface area contributed by atoms with Crippen LogP contribution in [-0.4, -0.2) is 15.7 Å². The zero-order chi connectivity index (χ0) is 23.0. The summed E-state index contributed by atoms with van der Waals surface area (Å²) in [5.74, 6) is 0. The van der Waals surface area contributed by atoms with Gasteiger partial charge in [-0.25, -0.2) is 4.98 Å². The van der Waals surface area contributed by atoms with E-state index in [9.17, 15) is 0 Å². The maximum absolute atomic E-state index is 6.36. The van der Waals surface area contributed by atoms with E-state index < -0.39 is 0 Å². The lowest BCUT2D eigenvalue weighted by atomic mass is 10.0. The van der Waals surface area contributed by atoms with Gasteiger partial charge in [0.05, 0.1) is 19.0 Å². The Kier molecular flexibility index (Phi) is 12.1. The van der Waals surface area contributed by atoms with Crippen LogP contribution in [0.25, 0.3) is 0 Å². The number of hydrogen-bond donors (Lipinski definition) is 0. The fraction of sp³-hybridized carbons (Fsp3) is 0.483. The van der Waals surface area contributed by atoms with Gasteiger partial charge in [-0.3, -0.25) is 0 Å². The molecule has 1 heterocycles. The molecule has 3 nitrogen and oxygen atoms in total. The Morgan fingerprint density at radius 1 is 0.758 bits per heavy atom. The summed E-state index contributed by atoms with van der Waals surface area (Å²) < 4.78 is 8.52. The lowest BCUT2D eigenvalue weighted by Crippen LogP contribution is -2.13. The molecule has 1 unspecified atom stereocenters. The topological polar surface area (TPSA) is 27.1 Å². The van der Waals surface area contributed by atoms with Crippen LogP contribution in [0.5, 0.6) is 0 Å². The van der Waals surface area contributed by atoms with Crippen molar-refractivity contribution in [1.82, 2.24) is 9.55 Å². The van der Waals surface area contributed by atoms with Gasteiger partial charge < -0.3 is 9.30 Å². The largest absolute Gasteiger partial charge is 0.374 e. The number of nitrogens with zero attached hydrogens (tertiary/aromatic N) is 2. The molecular formula is C29H39ClN2O. The fourth-order valence-electron chi connectivity index (χ4n) is 4.24. The number of benzene rings is 2. The molecule has 0 aliphatic carbocycles. The zero-order valence-corrected chi connectivity index (χ0v) is 20.6. The lowest BCUT2D eigenvalue weighted by molar-refractivity contribution is 0.0262. The molecule has 1 atom stereocenters. The van der Waals surface area contributed by atoms with Crippen molar-refractivity contribution in [3.05, 3.63) is 89.5 Å². The Morgan fingerprint density at radius 3 is 2.18 bits per heavy atom. The molecule has 0 radical (unpaired) electrons. The Balaban J connectivity index is 1.31. The van der Waals surface area contributed by atoms with Crippen LogP contribution in [0, 0.1) is 0 Å². The van der Waals surface area contributed by atoms with Crippen LogP contribution < -0.4 is 0 Å². The van der Waals surface area contributed by atoms with E-state index in [1.54, 1.807) is 0 Å². The van der Waals surface area contributed by atoms with E-state index in [2.05, 4.69) is 52.0 Å². The number of halogens is 1. The third-order valence-corrected chi connectivity index (χ3v) is 6.49. The molecule has 0 N–H and O–H groups in total. The van der Waals surface area contributed by atoms with Gasteiger partial charge in [-0.15, -0.1) is 0 Å². The molecule has 2 aromatic carbocycles. The number of aromatic nitrogens is 2. The number of aryl methyl sites for hydroxylation is 2. The number of hydrogen-bond acceptors (Lipinski definition) is 2. The lowest BCUT2D eigenvalue weighted by Gasteiger charge is -2.18. The van der Waals surface area contributed by atoms with Crippen molar-refractivity contribution in [2.24, 2.45) is 0 Å². The normalized spacial score (nSPS) is 12.2. The SMILES string of the molecule is Clc1ccc(COC(CCCCCCCCn2ccnc2)CCCCc2ccccc2)cc1. The maximum atomic E-state index is 6.36. The van der Waals surface area contributed by atoms with E-state index >= 15 is 0 Å². The summed E-state index contributed by atoms with van der Waals surface area (Å²) in [6.07, 6.45) is 19.8. The smallest absolute Gasteiger partial charge is 0.0945 e. The van der Waals surface area contributed by atoms with Crippen LogP contribution in [0.3, 0.4) is 0 Å². The number of unbranched alkanes of at least 4 members (excludes halogenated alkanes) is 6. The summed E-state index contributed by atoms with van der Waals surface area (Å²) in [5.41, 5.74) is 2.63. The highest BCUT2D eigenvalue weighted by atomic mass is 35.5. The minimum atomic E-state index is 0.345. The monoisotopic (exact) mass is 466 g/mol. The van der Waals surface area contributed by atoms with E-state index in [-0.39, 0.29) is 0 Å². The molecule has 0 aliphatic rings. The van der Waals surface area contributed by atoms with Crippen molar-refractivity contribution in [3.8, 4) is 0 Å². The first-order valence-electron chi connectivity index (χ1n) is 12.7. The molecule has 4 heteroatoms. The molecule has 1 aromatic heterocycles. The minimum Gasteiger partial charge on any atom is -0.374 e. The first-order chi connectivity index (χ1) is 16.3. The van der Waals surface area contributed by atoms with Crippen molar-refractivity contribution < 1.29 is 4.74 Å². The first kappa shape index (κ1) is 25.5. The molecule has 0 fully saturated rings. The molecule has 0 spiro atoms. The average Bonchev–Trinajstić information content (AvgIpc) is 3.36. The van der Waals surface area contributed by atoms with Gasteiger partial charge in [-0.2, -0.15) is 0 Å². The first-order valence-corrected chi connectivity index (χ1v) is 13.0. The van der Waals surface area contributed by atoms with Crippen LogP contribution >= 0.6 is 11.6 Å². The molecule has 3 rings (SSSR count). The van der Waals surface area contributed by atoms with Crippen LogP contribution in [0.15, 0.2) is 73.3 Å². The number of rotatable bonds is 17. The number of ether oxygens (including phenoxy) is 1. The Morgan fingerprint density at radius 2 is 1.45 bits per heavy atom. The summed E-state index contributed by atoms with van der Waals surface area (Å²) in [4.78, 5) is 4.10. The highest BCUT2D eigenvalue weighted by molar-refractivity contribution is 6.30. The van der Waals surface area contributed by atoms with Crippen molar-refractivity contribution in [2.45, 2.75) is 89.9 Å². The Hall–Kier alpha value is -2.10. The second-order valence-electron chi connectivity index (χ2n) is 9.00. The standard InChI is InChI=1S/C29H39ClN2O/c30-28-19-17-27(18-20-28)24-33-29(16-10-9-14-26-12-6-5-7-13-26)15-8-3-1-2-4-11-22-32-23-21-31-25-32/h5-7,12-13,17-21,23,25,29H,1-4,8-11,14-16,22,24H2. The molecule has 33 heavy (non-hydrogen) atoms. The fourth-order valence-corrected chi connectivity index (χ4v) is 4.37. The van der Waals surface area contributed by atoms with Gasteiger partial charge in [0.15, 0.2) is 0 Å². The minimum absolute atomic E-state index is 0.345. The van der Waals surface area contributed by atoms with Crippen LogP contribution in [0.4, 0.5) is 0 Å². The third-order valence-electron chi connectivity index (χ3n) is 6.23. The second kappa shape index (κ2) is 15.7. The van der Waals surface area contributed by atoms with Gasteiger partial charge in [0, 0.05) is 24.0 Å². The quantitative estimate of drug-likeness (QED) is 0.187. The predicted octanol–water partition coefficient (Wildman–Crippen LogP) is 8.27. The number of imidazole rings is 1. The summed E-state index contributed by atoms with van der Waals surface area (Å²) in [6, 6.07) is 18.8. The Bertz CT molecular complexity index is 849. The van der Waals surface area contributed by atoms with Gasteiger partial charge in [-0.1, -0.05) is 92.6 Å². The van der Waals surface area contributed by atoms with E-state index in [1.807, 2.05) is 30.9 Å². The summed E-state index contributed by atoms with van der Waals surface area (Å²) in [7, 11) is 0. The van der Waals surface area contributed by atoms with Gasteiger partial charge in [-0.05, 0) is 55.4 Å².